The fourth-order valence-corrected chi connectivity index (χ4v) is 1.62. The standard InChI is InChI=1S/C9H18O4/c1-9(2,3)8-7(12)6(11)5(4-10)13-8/h5-8,10-12H,4H2,1-3H3/t5-,6+,7-,8?/m1/s1. The van der Waals surface area contributed by atoms with Crippen LogP contribution in [0.1, 0.15) is 20.8 Å². The van der Waals surface area contributed by atoms with Crippen molar-refractivity contribution in [1.29, 1.82) is 0 Å². The van der Waals surface area contributed by atoms with Crippen molar-refractivity contribution in [1.82, 2.24) is 0 Å². The van der Waals surface area contributed by atoms with Gasteiger partial charge >= 0.3 is 0 Å². The van der Waals surface area contributed by atoms with Gasteiger partial charge in [0.25, 0.3) is 0 Å². The molecule has 1 aliphatic heterocycles. The predicted molar refractivity (Wildman–Crippen MR) is 47.2 cm³/mol. The smallest absolute Gasteiger partial charge is 0.111 e. The van der Waals surface area contributed by atoms with E-state index in [9.17, 15) is 10.2 Å². The highest BCUT2D eigenvalue weighted by Crippen LogP contribution is 2.33. The van der Waals surface area contributed by atoms with Crippen molar-refractivity contribution in [3.05, 3.63) is 0 Å². The highest BCUT2D eigenvalue weighted by molar-refractivity contribution is 4.95. The summed E-state index contributed by atoms with van der Waals surface area (Å²) < 4.78 is 5.35. The van der Waals surface area contributed by atoms with Gasteiger partial charge in [0.15, 0.2) is 0 Å². The van der Waals surface area contributed by atoms with Crippen LogP contribution in [-0.2, 0) is 4.74 Å². The maximum Gasteiger partial charge on any atom is 0.111 e. The molecule has 0 spiro atoms. The van der Waals surface area contributed by atoms with E-state index in [1.807, 2.05) is 20.8 Å². The molecular formula is C9H18O4. The lowest BCUT2D eigenvalue weighted by atomic mass is 9.85. The second-order valence-electron chi connectivity index (χ2n) is 4.62. The van der Waals surface area contributed by atoms with Crippen LogP contribution in [0.4, 0.5) is 0 Å². The topological polar surface area (TPSA) is 69.9 Å². The van der Waals surface area contributed by atoms with Crippen LogP contribution in [0.25, 0.3) is 0 Å². The molecule has 0 saturated carbocycles. The molecule has 0 amide bonds. The lowest BCUT2D eigenvalue weighted by Gasteiger charge is -2.28. The quantitative estimate of drug-likeness (QED) is 0.522. The van der Waals surface area contributed by atoms with E-state index in [4.69, 9.17) is 9.84 Å². The average molecular weight is 190 g/mol. The summed E-state index contributed by atoms with van der Waals surface area (Å²) in [5.41, 5.74) is -0.232. The van der Waals surface area contributed by atoms with Crippen LogP contribution in [0, 0.1) is 5.41 Å². The van der Waals surface area contributed by atoms with Crippen LogP contribution < -0.4 is 0 Å². The molecule has 0 aromatic rings. The summed E-state index contributed by atoms with van der Waals surface area (Å²) in [6, 6.07) is 0. The van der Waals surface area contributed by atoms with Gasteiger partial charge in [-0.1, -0.05) is 20.8 Å². The average Bonchev–Trinajstić information content (AvgIpc) is 2.28. The Morgan fingerprint density at radius 3 is 1.92 bits per heavy atom. The van der Waals surface area contributed by atoms with Gasteiger partial charge in [0, 0.05) is 0 Å². The van der Waals surface area contributed by atoms with E-state index in [0.717, 1.165) is 0 Å². The van der Waals surface area contributed by atoms with Crippen LogP contribution in [0.2, 0.25) is 0 Å². The normalized spacial score (nSPS) is 41.1. The van der Waals surface area contributed by atoms with Crippen molar-refractivity contribution < 1.29 is 20.1 Å². The number of ether oxygens (including phenoxy) is 1. The van der Waals surface area contributed by atoms with E-state index in [1.165, 1.54) is 0 Å². The lowest BCUT2D eigenvalue weighted by molar-refractivity contribution is -0.0638. The van der Waals surface area contributed by atoms with E-state index in [0.29, 0.717) is 0 Å². The molecule has 4 atom stereocenters. The summed E-state index contributed by atoms with van der Waals surface area (Å²) in [4.78, 5) is 0. The van der Waals surface area contributed by atoms with Gasteiger partial charge in [-0.2, -0.15) is 0 Å². The molecule has 78 valence electrons. The Labute approximate surface area is 78.1 Å². The molecule has 0 aliphatic carbocycles. The fourth-order valence-electron chi connectivity index (χ4n) is 1.62. The third-order valence-corrected chi connectivity index (χ3v) is 2.40. The van der Waals surface area contributed by atoms with Crippen LogP contribution in [0.15, 0.2) is 0 Å². The van der Waals surface area contributed by atoms with Crippen molar-refractivity contribution in [3.63, 3.8) is 0 Å². The predicted octanol–water partition coefficient (Wildman–Crippen LogP) is -0.486. The van der Waals surface area contributed by atoms with Gasteiger partial charge in [0.2, 0.25) is 0 Å². The van der Waals surface area contributed by atoms with Crippen LogP contribution in [0.5, 0.6) is 0 Å². The number of aliphatic hydroxyl groups is 3. The minimum absolute atomic E-state index is 0.232. The van der Waals surface area contributed by atoms with Gasteiger partial charge in [-0.25, -0.2) is 0 Å². The third kappa shape index (κ3) is 2.02. The van der Waals surface area contributed by atoms with Gasteiger partial charge < -0.3 is 20.1 Å². The zero-order chi connectivity index (χ0) is 10.2. The highest BCUT2D eigenvalue weighted by Gasteiger charge is 2.47. The molecule has 0 aromatic carbocycles. The number of aliphatic hydroxyl groups excluding tert-OH is 3. The zero-order valence-corrected chi connectivity index (χ0v) is 8.27. The zero-order valence-electron chi connectivity index (χ0n) is 8.27. The molecule has 4 heteroatoms. The van der Waals surface area contributed by atoms with E-state index in [-0.39, 0.29) is 12.0 Å². The Morgan fingerprint density at radius 1 is 1.15 bits per heavy atom. The van der Waals surface area contributed by atoms with Gasteiger partial charge in [-0.05, 0) is 5.41 Å². The van der Waals surface area contributed by atoms with Crippen molar-refractivity contribution in [2.45, 2.75) is 45.2 Å². The molecule has 3 N–H and O–H groups in total. The SMILES string of the molecule is CC(C)(C)C1O[C@H](CO)[C@H](O)[C@H]1O. The second-order valence-corrected chi connectivity index (χ2v) is 4.62. The van der Waals surface area contributed by atoms with Gasteiger partial charge in [-0.3, -0.25) is 0 Å². The summed E-state index contributed by atoms with van der Waals surface area (Å²) in [7, 11) is 0. The lowest BCUT2D eigenvalue weighted by Crippen LogP contribution is -2.39. The first-order valence-corrected chi connectivity index (χ1v) is 4.50. The molecule has 1 saturated heterocycles. The van der Waals surface area contributed by atoms with E-state index in [1.54, 1.807) is 0 Å². The minimum atomic E-state index is -0.978. The van der Waals surface area contributed by atoms with Crippen LogP contribution >= 0.6 is 0 Å². The summed E-state index contributed by atoms with van der Waals surface area (Å²) in [6.07, 6.45) is -2.95. The summed E-state index contributed by atoms with van der Waals surface area (Å²) in [5, 5.41) is 27.9. The van der Waals surface area contributed by atoms with E-state index < -0.39 is 24.4 Å². The molecule has 0 radical (unpaired) electrons. The van der Waals surface area contributed by atoms with Crippen molar-refractivity contribution in [3.8, 4) is 0 Å². The maximum atomic E-state index is 9.61. The van der Waals surface area contributed by atoms with Gasteiger partial charge in [-0.15, -0.1) is 0 Å². The Morgan fingerprint density at radius 2 is 1.69 bits per heavy atom. The largest absolute Gasteiger partial charge is 0.394 e. The Kier molecular flexibility index (Phi) is 2.97. The maximum absolute atomic E-state index is 9.61. The Hall–Kier alpha value is -0.160. The molecule has 1 unspecified atom stereocenters. The van der Waals surface area contributed by atoms with Gasteiger partial charge in [0.1, 0.15) is 18.3 Å². The first-order valence-electron chi connectivity index (χ1n) is 4.50. The Bertz CT molecular complexity index is 175. The molecule has 1 fully saturated rings. The number of rotatable bonds is 1. The highest BCUT2D eigenvalue weighted by atomic mass is 16.6. The molecule has 13 heavy (non-hydrogen) atoms. The van der Waals surface area contributed by atoms with Crippen LogP contribution in [0.3, 0.4) is 0 Å². The summed E-state index contributed by atoms with van der Waals surface area (Å²) in [5.74, 6) is 0. The monoisotopic (exact) mass is 190 g/mol. The molecule has 0 aromatic heterocycles. The Balaban J connectivity index is 2.71. The van der Waals surface area contributed by atoms with Crippen molar-refractivity contribution >= 4 is 0 Å². The second kappa shape index (κ2) is 3.53. The third-order valence-electron chi connectivity index (χ3n) is 2.40. The minimum Gasteiger partial charge on any atom is -0.394 e. The molecular weight excluding hydrogens is 172 g/mol. The summed E-state index contributed by atoms with van der Waals surface area (Å²) >= 11 is 0. The molecule has 1 heterocycles. The van der Waals surface area contributed by atoms with Crippen molar-refractivity contribution in [2.24, 2.45) is 5.41 Å². The van der Waals surface area contributed by atoms with E-state index in [2.05, 4.69) is 0 Å². The number of hydrogen-bond donors (Lipinski definition) is 3. The fraction of sp³-hybridized carbons (Fsp3) is 1.00. The van der Waals surface area contributed by atoms with Crippen LogP contribution in [-0.4, -0.2) is 46.3 Å². The molecule has 4 nitrogen and oxygen atoms in total. The summed E-state index contributed by atoms with van der Waals surface area (Å²) in [6.45, 7) is 5.51. The van der Waals surface area contributed by atoms with Gasteiger partial charge in [0.05, 0.1) is 12.7 Å². The first-order chi connectivity index (χ1) is 5.88. The molecule has 1 rings (SSSR count). The number of hydrogen-bond acceptors (Lipinski definition) is 4. The molecule has 1 aliphatic rings. The molecule has 0 bridgehead atoms. The first kappa shape index (κ1) is 10.9. The van der Waals surface area contributed by atoms with Crippen molar-refractivity contribution in [2.75, 3.05) is 6.61 Å². The van der Waals surface area contributed by atoms with E-state index >= 15 is 0 Å².